The van der Waals surface area contributed by atoms with Crippen molar-refractivity contribution in [3.05, 3.63) is 63.6 Å². The highest BCUT2D eigenvalue weighted by atomic mass is 35.5. The molecule has 21 heavy (non-hydrogen) atoms. The van der Waals surface area contributed by atoms with Crippen LogP contribution in [0.15, 0.2) is 42.5 Å². The van der Waals surface area contributed by atoms with E-state index in [2.05, 4.69) is 5.32 Å². The predicted molar refractivity (Wildman–Crippen MR) is 88.4 cm³/mol. The molecule has 2 aromatic carbocycles. The van der Waals surface area contributed by atoms with Crippen molar-refractivity contribution in [3.8, 4) is 0 Å². The van der Waals surface area contributed by atoms with Crippen molar-refractivity contribution in [2.45, 2.75) is 6.54 Å². The highest BCUT2D eigenvalue weighted by Gasteiger charge is 2.08. The molecule has 2 rings (SSSR count). The topological polar surface area (TPSA) is 32.3 Å². The molecule has 0 fully saturated rings. The number of hydrogen-bond acceptors (Lipinski definition) is 2. The van der Waals surface area contributed by atoms with Crippen LogP contribution in [0.4, 0.5) is 5.69 Å². The van der Waals surface area contributed by atoms with E-state index in [0.29, 0.717) is 22.2 Å². The number of rotatable bonds is 4. The van der Waals surface area contributed by atoms with Crippen molar-refractivity contribution < 1.29 is 4.79 Å². The largest absolute Gasteiger partial charge is 0.378 e. The fourth-order valence-electron chi connectivity index (χ4n) is 1.87. The van der Waals surface area contributed by atoms with Crippen LogP contribution >= 0.6 is 23.2 Å². The number of halogens is 2. The zero-order valence-electron chi connectivity index (χ0n) is 11.9. The number of anilines is 1. The number of benzene rings is 2. The Morgan fingerprint density at radius 3 is 2.57 bits per heavy atom. The number of amides is 1. The quantitative estimate of drug-likeness (QED) is 0.923. The lowest BCUT2D eigenvalue weighted by molar-refractivity contribution is 0.0951. The molecule has 0 atom stereocenters. The molecule has 0 spiro atoms. The van der Waals surface area contributed by atoms with Crippen molar-refractivity contribution >= 4 is 34.8 Å². The summed E-state index contributed by atoms with van der Waals surface area (Å²) in [5.41, 5.74) is 2.43. The number of hydrogen-bond donors (Lipinski definition) is 1. The van der Waals surface area contributed by atoms with Crippen LogP contribution < -0.4 is 10.2 Å². The third-order valence-corrected chi connectivity index (χ3v) is 3.67. The van der Waals surface area contributed by atoms with E-state index in [0.717, 1.165) is 11.3 Å². The van der Waals surface area contributed by atoms with Gasteiger partial charge < -0.3 is 10.2 Å². The van der Waals surface area contributed by atoms with Crippen molar-refractivity contribution in [1.82, 2.24) is 5.32 Å². The number of carbonyl (C=O) groups is 1. The molecule has 110 valence electrons. The highest BCUT2D eigenvalue weighted by molar-refractivity contribution is 6.35. The fraction of sp³-hybridized carbons (Fsp3) is 0.188. The summed E-state index contributed by atoms with van der Waals surface area (Å²) in [5, 5.41) is 3.98. The summed E-state index contributed by atoms with van der Waals surface area (Å²) in [5.74, 6) is -0.135. The van der Waals surface area contributed by atoms with Crippen LogP contribution in [0.25, 0.3) is 0 Å². The summed E-state index contributed by atoms with van der Waals surface area (Å²) < 4.78 is 0. The summed E-state index contributed by atoms with van der Waals surface area (Å²) in [7, 11) is 3.87. The summed E-state index contributed by atoms with van der Waals surface area (Å²) in [6.45, 7) is 0.362. The van der Waals surface area contributed by atoms with Gasteiger partial charge in [0.25, 0.3) is 5.91 Å². The fourth-order valence-corrected chi connectivity index (χ4v) is 2.34. The number of carbonyl (C=O) groups excluding carboxylic acids is 1. The zero-order valence-corrected chi connectivity index (χ0v) is 13.4. The van der Waals surface area contributed by atoms with Gasteiger partial charge in [-0.1, -0.05) is 35.3 Å². The molecule has 0 saturated carbocycles. The molecular formula is C16H16Cl2N2O. The van der Waals surface area contributed by atoms with Crippen LogP contribution in [0.2, 0.25) is 10.0 Å². The summed E-state index contributed by atoms with van der Waals surface area (Å²) >= 11 is 11.9. The maximum atomic E-state index is 12.2. The minimum Gasteiger partial charge on any atom is -0.378 e. The summed E-state index contributed by atoms with van der Waals surface area (Å²) in [6.07, 6.45) is 0. The smallest absolute Gasteiger partial charge is 0.251 e. The Balaban J connectivity index is 2.06. The van der Waals surface area contributed by atoms with Gasteiger partial charge >= 0.3 is 0 Å². The predicted octanol–water partition coefficient (Wildman–Crippen LogP) is 3.99. The van der Waals surface area contributed by atoms with Crippen LogP contribution in [-0.4, -0.2) is 20.0 Å². The lowest BCUT2D eigenvalue weighted by Gasteiger charge is -2.13. The molecule has 0 heterocycles. The van der Waals surface area contributed by atoms with Gasteiger partial charge in [0, 0.05) is 41.9 Å². The van der Waals surface area contributed by atoms with Gasteiger partial charge in [0.05, 0.1) is 0 Å². The molecule has 2 aromatic rings. The van der Waals surface area contributed by atoms with Crippen molar-refractivity contribution in [2.24, 2.45) is 0 Å². The first kappa shape index (κ1) is 15.7. The molecule has 0 aliphatic rings. The van der Waals surface area contributed by atoms with Crippen LogP contribution in [0.1, 0.15) is 15.9 Å². The molecule has 0 unspecified atom stereocenters. The van der Waals surface area contributed by atoms with Crippen molar-refractivity contribution in [1.29, 1.82) is 0 Å². The van der Waals surface area contributed by atoms with E-state index >= 15 is 0 Å². The standard InChI is InChI=1S/C16H16Cl2N2O/c1-20(2)14-5-3-4-11(8-14)16(21)19-10-12-6-7-13(17)9-15(12)18/h3-9H,10H2,1-2H3,(H,19,21). The van der Waals surface area contributed by atoms with Gasteiger partial charge in [-0.2, -0.15) is 0 Å². The Morgan fingerprint density at radius 2 is 1.90 bits per heavy atom. The van der Waals surface area contributed by atoms with E-state index in [9.17, 15) is 4.79 Å². The lowest BCUT2D eigenvalue weighted by atomic mass is 10.1. The molecule has 1 amide bonds. The molecule has 0 aromatic heterocycles. The Morgan fingerprint density at radius 1 is 1.14 bits per heavy atom. The molecule has 5 heteroatoms. The second-order valence-electron chi connectivity index (χ2n) is 4.86. The minimum absolute atomic E-state index is 0.135. The average Bonchev–Trinajstić information content (AvgIpc) is 2.46. The Kier molecular flexibility index (Phi) is 5.10. The molecule has 1 N–H and O–H groups in total. The molecule has 0 saturated heterocycles. The molecule has 0 radical (unpaired) electrons. The maximum Gasteiger partial charge on any atom is 0.251 e. The first-order chi connectivity index (χ1) is 9.97. The third kappa shape index (κ3) is 4.13. The van der Waals surface area contributed by atoms with E-state index in [-0.39, 0.29) is 5.91 Å². The Labute approximate surface area is 134 Å². The van der Waals surface area contributed by atoms with Gasteiger partial charge in [-0.3, -0.25) is 4.79 Å². The van der Waals surface area contributed by atoms with Gasteiger partial charge in [0.1, 0.15) is 0 Å². The van der Waals surface area contributed by atoms with Gasteiger partial charge in [-0.15, -0.1) is 0 Å². The van der Waals surface area contributed by atoms with E-state index in [1.165, 1.54) is 0 Å². The van der Waals surface area contributed by atoms with E-state index in [4.69, 9.17) is 23.2 Å². The zero-order chi connectivity index (χ0) is 15.4. The molecular weight excluding hydrogens is 307 g/mol. The van der Waals surface area contributed by atoms with Crippen LogP contribution in [0.3, 0.4) is 0 Å². The number of nitrogens with zero attached hydrogens (tertiary/aromatic N) is 1. The SMILES string of the molecule is CN(C)c1cccc(C(=O)NCc2ccc(Cl)cc2Cl)c1. The van der Waals surface area contributed by atoms with Gasteiger partial charge in [0.2, 0.25) is 0 Å². The van der Waals surface area contributed by atoms with Gasteiger partial charge in [-0.05, 0) is 35.9 Å². The second-order valence-corrected chi connectivity index (χ2v) is 5.71. The monoisotopic (exact) mass is 322 g/mol. The molecule has 3 nitrogen and oxygen atoms in total. The molecule has 0 aliphatic heterocycles. The Bertz CT molecular complexity index is 656. The van der Waals surface area contributed by atoms with Crippen LogP contribution in [0.5, 0.6) is 0 Å². The summed E-state index contributed by atoms with van der Waals surface area (Å²) in [6, 6.07) is 12.7. The lowest BCUT2D eigenvalue weighted by Crippen LogP contribution is -2.23. The second kappa shape index (κ2) is 6.83. The minimum atomic E-state index is -0.135. The van der Waals surface area contributed by atoms with E-state index in [1.807, 2.05) is 37.2 Å². The normalized spacial score (nSPS) is 10.3. The molecule has 0 aliphatic carbocycles. The Hall–Kier alpha value is -1.71. The number of nitrogens with one attached hydrogen (secondary N) is 1. The first-order valence-electron chi connectivity index (χ1n) is 6.47. The maximum absolute atomic E-state index is 12.2. The summed E-state index contributed by atoms with van der Waals surface area (Å²) in [4.78, 5) is 14.1. The van der Waals surface area contributed by atoms with Gasteiger partial charge in [0.15, 0.2) is 0 Å². The van der Waals surface area contributed by atoms with E-state index in [1.54, 1.807) is 24.3 Å². The van der Waals surface area contributed by atoms with Crippen molar-refractivity contribution in [3.63, 3.8) is 0 Å². The average molecular weight is 323 g/mol. The first-order valence-corrected chi connectivity index (χ1v) is 7.22. The highest BCUT2D eigenvalue weighted by Crippen LogP contribution is 2.21. The molecule has 0 bridgehead atoms. The third-order valence-electron chi connectivity index (χ3n) is 3.08. The van der Waals surface area contributed by atoms with E-state index < -0.39 is 0 Å². The van der Waals surface area contributed by atoms with Crippen molar-refractivity contribution in [2.75, 3.05) is 19.0 Å². The van der Waals surface area contributed by atoms with Crippen LogP contribution in [-0.2, 0) is 6.54 Å². The van der Waals surface area contributed by atoms with Gasteiger partial charge in [-0.25, -0.2) is 0 Å². The van der Waals surface area contributed by atoms with Crippen LogP contribution in [0, 0.1) is 0 Å².